The number of carbonyl (C=O) groups excluding carboxylic acids is 1. The molecule has 0 radical (unpaired) electrons. The van der Waals surface area contributed by atoms with Gasteiger partial charge in [-0.3, -0.25) is 4.79 Å². The van der Waals surface area contributed by atoms with Gasteiger partial charge in [0.25, 0.3) is 0 Å². The van der Waals surface area contributed by atoms with Crippen LogP contribution in [0, 0.1) is 0 Å². The first-order valence-corrected chi connectivity index (χ1v) is 9.01. The highest BCUT2D eigenvalue weighted by molar-refractivity contribution is 7.91. The molecule has 1 saturated heterocycles. The highest BCUT2D eigenvalue weighted by Gasteiger charge is 2.21. The highest BCUT2D eigenvalue weighted by atomic mass is 35.5. The first-order chi connectivity index (χ1) is 9.99. The Morgan fingerprint density at radius 2 is 2.00 bits per heavy atom. The number of sulfone groups is 1. The molecule has 2 rings (SSSR count). The normalized spacial score (nSPS) is 19.2. The van der Waals surface area contributed by atoms with Crippen LogP contribution in [-0.2, 0) is 14.6 Å². The molecule has 1 aromatic rings. The zero-order valence-electron chi connectivity index (χ0n) is 11.6. The molecule has 0 aromatic heterocycles. The minimum atomic E-state index is -3.40. The second-order valence-electron chi connectivity index (χ2n) is 5.07. The summed E-state index contributed by atoms with van der Waals surface area (Å²) >= 11 is 5.73. The van der Waals surface area contributed by atoms with E-state index in [-0.39, 0.29) is 29.1 Å². The zero-order valence-corrected chi connectivity index (χ0v) is 13.2. The predicted octanol–water partition coefficient (Wildman–Crippen LogP) is 1.37. The third-order valence-corrected chi connectivity index (χ3v) is 5.45. The van der Waals surface area contributed by atoms with Gasteiger partial charge in [-0.25, -0.2) is 8.42 Å². The lowest BCUT2D eigenvalue weighted by molar-refractivity contribution is -0.123. The number of amides is 1. The van der Waals surface area contributed by atoms with Crippen molar-refractivity contribution in [2.24, 2.45) is 0 Å². The van der Waals surface area contributed by atoms with E-state index < -0.39 is 9.84 Å². The van der Waals surface area contributed by atoms with Gasteiger partial charge in [0.2, 0.25) is 5.91 Å². The van der Waals surface area contributed by atoms with Crippen LogP contribution >= 0.6 is 11.6 Å². The van der Waals surface area contributed by atoms with Gasteiger partial charge in [-0.05, 0) is 43.7 Å². The molecule has 5 nitrogen and oxygen atoms in total. The Balaban J connectivity index is 1.84. The van der Waals surface area contributed by atoms with Crippen molar-refractivity contribution in [1.29, 1.82) is 0 Å². The number of hydrogen-bond donors (Lipinski definition) is 2. The van der Waals surface area contributed by atoms with Crippen molar-refractivity contribution in [3.8, 4) is 0 Å². The van der Waals surface area contributed by atoms with E-state index in [2.05, 4.69) is 10.6 Å². The molecule has 1 heterocycles. The maximum absolute atomic E-state index is 12.1. The highest BCUT2D eigenvalue weighted by Crippen LogP contribution is 2.15. The van der Waals surface area contributed by atoms with Gasteiger partial charge in [-0.15, -0.1) is 0 Å². The van der Waals surface area contributed by atoms with Crippen molar-refractivity contribution in [3.05, 3.63) is 29.3 Å². The minimum absolute atomic E-state index is 0.113. The van der Waals surface area contributed by atoms with Crippen molar-refractivity contribution < 1.29 is 13.2 Å². The quantitative estimate of drug-likeness (QED) is 0.855. The number of carbonyl (C=O) groups is 1. The van der Waals surface area contributed by atoms with Crippen molar-refractivity contribution >= 4 is 27.3 Å². The molecule has 1 aromatic carbocycles. The third-order valence-electron chi connectivity index (χ3n) is 3.47. The van der Waals surface area contributed by atoms with Gasteiger partial charge in [0.15, 0.2) is 9.84 Å². The molecule has 0 bridgehead atoms. The van der Waals surface area contributed by atoms with Gasteiger partial charge in [0.1, 0.15) is 0 Å². The first kappa shape index (κ1) is 16.3. The summed E-state index contributed by atoms with van der Waals surface area (Å²) in [6.45, 7) is 0.948. The van der Waals surface area contributed by atoms with Crippen LogP contribution in [0.2, 0.25) is 5.02 Å². The zero-order chi connectivity index (χ0) is 15.3. The molecule has 116 valence electrons. The Bertz CT molecular complexity index is 581. The molecule has 1 aliphatic rings. The van der Waals surface area contributed by atoms with Gasteiger partial charge in [-0.2, -0.15) is 0 Å². The Hall–Kier alpha value is -1.11. The van der Waals surface area contributed by atoms with Crippen LogP contribution in [0.3, 0.4) is 0 Å². The Kier molecular flexibility index (Phi) is 5.61. The average molecular weight is 331 g/mol. The molecule has 21 heavy (non-hydrogen) atoms. The van der Waals surface area contributed by atoms with Crippen LogP contribution in [-0.4, -0.2) is 39.2 Å². The summed E-state index contributed by atoms with van der Waals surface area (Å²) in [5.74, 6) is -0.242. The second kappa shape index (κ2) is 7.24. The van der Waals surface area contributed by atoms with Crippen molar-refractivity contribution in [2.45, 2.75) is 30.2 Å². The van der Waals surface area contributed by atoms with Gasteiger partial charge >= 0.3 is 0 Å². The fourth-order valence-corrected chi connectivity index (χ4v) is 3.55. The second-order valence-corrected chi connectivity index (χ2v) is 7.61. The molecule has 2 N–H and O–H groups in total. The fourth-order valence-electron chi connectivity index (χ4n) is 2.27. The number of benzene rings is 1. The van der Waals surface area contributed by atoms with Gasteiger partial charge < -0.3 is 10.6 Å². The number of halogens is 1. The van der Waals surface area contributed by atoms with Crippen molar-refractivity contribution in [2.75, 3.05) is 18.8 Å². The summed E-state index contributed by atoms with van der Waals surface area (Å²) in [4.78, 5) is 12.1. The smallest absolute Gasteiger partial charge is 0.237 e. The predicted molar refractivity (Wildman–Crippen MR) is 82.2 cm³/mol. The summed E-state index contributed by atoms with van der Waals surface area (Å²) in [5, 5.41) is 6.30. The molecule has 1 atom stereocenters. The summed E-state index contributed by atoms with van der Waals surface area (Å²) in [7, 11) is -3.40. The van der Waals surface area contributed by atoms with Crippen LogP contribution in [0.1, 0.15) is 19.3 Å². The van der Waals surface area contributed by atoms with Crippen LogP contribution in [0.5, 0.6) is 0 Å². The van der Waals surface area contributed by atoms with Gasteiger partial charge in [-0.1, -0.05) is 18.0 Å². The number of hydrogen-bond acceptors (Lipinski definition) is 4. The number of rotatable bonds is 5. The molecule has 0 aliphatic carbocycles. The lowest BCUT2D eigenvalue weighted by Crippen LogP contribution is -2.47. The average Bonchev–Trinajstić information content (AvgIpc) is 2.48. The summed E-state index contributed by atoms with van der Waals surface area (Å²) in [6, 6.07) is 5.83. The molecule has 1 fully saturated rings. The van der Waals surface area contributed by atoms with Crippen molar-refractivity contribution in [3.63, 3.8) is 0 Å². The van der Waals surface area contributed by atoms with E-state index >= 15 is 0 Å². The van der Waals surface area contributed by atoms with E-state index in [0.29, 0.717) is 5.02 Å². The van der Waals surface area contributed by atoms with E-state index in [1.165, 1.54) is 12.1 Å². The fraction of sp³-hybridized carbons (Fsp3) is 0.500. The SMILES string of the molecule is O=C(NCCS(=O)(=O)c1ccc(Cl)cc1)C1CCCCN1. The van der Waals surface area contributed by atoms with E-state index in [1.54, 1.807) is 12.1 Å². The molecule has 0 spiro atoms. The topological polar surface area (TPSA) is 75.3 Å². The Morgan fingerprint density at radius 1 is 1.29 bits per heavy atom. The van der Waals surface area contributed by atoms with Gasteiger partial charge in [0, 0.05) is 11.6 Å². The molecule has 1 aliphatic heterocycles. The summed E-state index contributed by atoms with van der Waals surface area (Å²) in [6.07, 6.45) is 2.90. The molecular formula is C14H19ClN2O3S. The van der Waals surface area contributed by atoms with E-state index in [4.69, 9.17) is 11.6 Å². The van der Waals surface area contributed by atoms with E-state index in [0.717, 1.165) is 25.8 Å². The lowest BCUT2D eigenvalue weighted by Gasteiger charge is -2.22. The Labute approximate surface area is 130 Å². The monoisotopic (exact) mass is 330 g/mol. The number of piperidine rings is 1. The molecule has 7 heteroatoms. The van der Waals surface area contributed by atoms with E-state index in [1.807, 2.05) is 0 Å². The van der Waals surface area contributed by atoms with Crippen LogP contribution in [0.4, 0.5) is 0 Å². The molecular weight excluding hydrogens is 312 g/mol. The standard InChI is InChI=1S/C14H19ClN2O3S/c15-11-4-6-12(7-5-11)21(19,20)10-9-17-14(18)13-3-1-2-8-16-13/h4-7,13,16H,1-3,8-10H2,(H,17,18). The van der Waals surface area contributed by atoms with Crippen LogP contribution < -0.4 is 10.6 Å². The molecule has 1 amide bonds. The maximum atomic E-state index is 12.1. The summed E-state index contributed by atoms with van der Waals surface area (Å²) < 4.78 is 24.2. The maximum Gasteiger partial charge on any atom is 0.237 e. The minimum Gasteiger partial charge on any atom is -0.354 e. The third kappa shape index (κ3) is 4.69. The summed E-state index contributed by atoms with van der Waals surface area (Å²) in [5.41, 5.74) is 0. The van der Waals surface area contributed by atoms with Crippen LogP contribution in [0.15, 0.2) is 29.2 Å². The van der Waals surface area contributed by atoms with Crippen LogP contribution in [0.25, 0.3) is 0 Å². The lowest BCUT2D eigenvalue weighted by atomic mass is 10.0. The number of nitrogens with one attached hydrogen (secondary N) is 2. The molecule has 1 unspecified atom stereocenters. The van der Waals surface area contributed by atoms with Gasteiger partial charge in [0.05, 0.1) is 16.7 Å². The van der Waals surface area contributed by atoms with Crippen molar-refractivity contribution in [1.82, 2.24) is 10.6 Å². The van der Waals surface area contributed by atoms with E-state index in [9.17, 15) is 13.2 Å². The largest absolute Gasteiger partial charge is 0.354 e. The Morgan fingerprint density at radius 3 is 2.62 bits per heavy atom. The molecule has 0 saturated carbocycles. The first-order valence-electron chi connectivity index (χ1n) is 6.98.